The van der Waals surface area contributed by atoms with E-state index < -0.39 is 63.1 Å². The molecule has 1 aromatic carbocycles. The second kappa shape index (κ2) is 13.1. The molecule has 0 radical (unpaired) electrons. The number of halogens is 1. The number of nitrogens with one attached hydrogen (secondary N) is 1. The molecule has 1 saturated carbocycles. The monoisotopic (exact) mass is 682 g/mol. The van der Waals surface area contributed by atoms with Crippen molar-refractivity contribution in [2.75, 3.05) is 6.54 Å². The van der Waals surface area contributed by atoms with Crippen molar-refractivity contribution in [3.8, 4) is 0 Å². The Balaban J connectivity index is 1.63. The summed E-state index contributed by atoms with van der Waals surface area (Å²) in [5.74, 6) is -2.42. The van der Waals surface area contributed by atoms with Crippen LogP contribution in [0.5, 0.6) is 0 Å². The average molecular weight is 684 g/mol. The summed E-state index contributed by atoms with van der Waals surface area (Å²) in [5, 5.41) is 12.7. The van der Waals surface area contributed by atoms with E-state index in [0.29, 0.717) is 17.3 Å². The molecule has 236 valence electrons. The number of rotatable bonds is 5. The number of hydrogen-bond donors (Lipinski definition) is 2. The zero-order valence-corrected chi connectivity index (χ0v) is 27.0. The molecule has 1 saturated heterocycles. The number of carbonyl (C=O) groups is 4. The van der Waals surface area contributed by atoms with Crippen molar-refractivity contribution in [3.63, 3.8) is 0 Å². The highest BCUT2D eigenvalue weighted by Gasteiger charge is 2.61. The topological polar surface area (TPSA) is 156 Å². The highest BCUT2D eigenvalue weighted by Crippen LogP contribution is 2.57. The fourth-order valence-electron chi connectivity index (χ4n) is 5.75. The smallest absolute Gasteiger partial charge is 0.408 e. The second-order valence-electron chi connectivity index (χ2n) is 12.5. The van der Waals surface area contributed by atoms with Gasteiger partial charge >= 0.3 is 12.1 Å². The number of fused-ring (bicyclic) bond motifs is 2. The SMILES string of the molecule is CC(C)(C)OC(=O)N[C@H]1CCCCC/C=C\[C@@H]2C[C@@]2(C(=O)O)CC(=O)[C@@H]2C[C@H](OS(=O)(=O)c3ccc(Br)cc3)CN2C1=O. The number of carboxylic acids is 1. The fourth-order valence-corrected chi connectivity index (χ4v) is 7.09. The Hall–Kier alpha value is -2.77. The van der Waals surface area contributed by atoms with Crippen molar-refractivity contribution in [1.29, 1.82) is 0 Å². The third-order valence-electron chi connectivity index (χ3n) is 8.05. The molecule has 0 aromatic heterocycles. The highest BCUT2D eigenvalue weighted by atomic mass is 79.9. The van der Waals surface area contributed by atoms with Crippen LogP contribution in [0.4, 0.5) is 4.79 Å². The summed E-state index contributed by atoms with van der Waals surface area (Å²) in [6.07, 6.45) is 5.04. The number of carbonyl (C=O) groups excluding carboxylic acids is 3. The van der Waals surface area contributed by atoms with Gasteiger partial charge in [0.25, 0.3) is 10.1 Å². The van der Waals surface area contributed by atoms with Gasteiger partial charge < -0.3 is 20.1 Å². The van der Waals surface area contributed by atoms with Gasteiger partial charge in [-0.3, -0.25) is 18.6 Å². The van der Waals surface area contributed by atoms with Gasteiger partial charge in [0.15, 0.2) is 5.78 Å². The lowest BCUT2D eigenvalue weighted by atomic mass is 9.92. The van der Waals surface area contributed by atoms with Gasteiger partial charge in [0.1, 0.15) is 11.6 Å². The Morgan fingerprint density at radius 2 is 1.81 bits per heavy atom. The molecule has 2 N–H and O–H groups in total. The third-order valence-corrected chi connectivity index (χ3v) is 9.96. The van der Waals surface area contributed by atoms with Crippen LogP contribution in [0.25, 0.3) is 0 Å². The Morgan fingerprint density at radius 3 is 2.47 bits per heavy atom. The van der Waals surface area contributed by atoms with Crippen LogP contribution >= 0.6 is 15.9 Å². The maximum absolute atomic E-state index is 14.0. The lowest BCUT2D eigenvalue weighted by molar-refractivity contribution is -0.147. The van der Waals surface area contributed by atoms with E-state index in [0.717, 1.165) is 19.3 Å². The molecule has 2 fully saturated rings. The molecule has 43 heavy (non-hydrogen) atoms. The summed E-state index contributed by atoms with van der Waals surface area (Å²) in [6, 6.07) is 3.72. The molecule has 2 aliphatic heterocycles. The van der Waals surface area contributed by atoms with E-state index >= 15 is 0 Å². The van der Waals surface area contributed by atoms with E-state index in [4.69, 9.17) is 8.92 Å². The van der Waals surface area contributed by atoms with Crippen LogP contribution in [0.15, 0.2) is 45.8 Å². The lowest BCUT2D eigenvalue weighted by Gasteiger charge is -2.30. The Labute approximate surface area is 260 Å². The minimum atomic E-state index is -4.24. The van der Waals surface area contributed by atoms with Gasteiger partial charge in [-0.1, -0.05) is 40.9 Å². The molecule has 5 atom stereocenters. The van der Waals surface area contributed by atoms with Gasteiger partial charge in [-0.05, 0) is 76.6 Å². The summed E-state index contributed by atoms with van der Waals surface area (Å²) < 4.78 is 37.7. The first kappa shape index (κ1) is 33.1. The number of Topliss-reactive ketones (excluding diaryl/α,β-unsaturated/α-hetero) is 1. The summed E-state index contributed by atoms with van der Waals surface area (Å²) >= 11 is 3.27. The molecule has 1 aromatic rings. The number of benzene rings is 1. The maximum Gasteiger partial charge on any atom is 0.408 e. The predicted octanol–water partition coefficient (Wildman–Crippen LogP) is 4.59. The maximum atomic E-state index is 14.0. The van der Waals surface area contributed by atoms with E-state index in [1.54, 1.807) is 32.9 Å². The zero-order valence-electron chi connectivity index (χ0n) is 24.6. The van der Waals surface area contributed by atoms with Gasteiger partial charge in [-0.2, -0.15) is 8.42 Å². The molecule has 2 amide bonds. The number of carboxylic acid groups (broad SMARTS) is 1. The van der Waals surface area contributed by atoms with Gasteiger partial charge in [-0.15, -0.1) is 0 Å². The summed E-state index contributed by atoms with van der Waals surface area (Å²) in [4.78, 5) is 53.9. The molecular formula is C30H39BrN2O9S. The molecule has 3 aliphatic rings. The van der Waals surface area contributed by atoms with Crippen LogP contribution in [0.2, 0.25) is 0 Å². The zero-order chi connectivity index (χ0) is 31.6. The Morgan fingerprint density at radius 1 is 1.12 bits per heavy atom. The van der Waals surface area contributed by atoms with Gasteiger partial charge in [0.2, 0.25) is 5.91 Å². The fraction of sp³-hybridized carbons (Fsp3) is 0.600. The van der Waals surface area contributed by atoms with Crippen molar-refractivity contribution >= 4 is 49.8 Å². The first-order chi connectivity index (χ1) is 20.1. The number of nitrogens with zero attached hydrogens (tertiary/aromatic N) is 1. The Kier molecular flexibility index (Phi) is 10.1. The molecule has 0 unspecified atom stereocenters. The van der Waals surface area contributed by atoms with E-state index in [1.807, 2.05) is 12.2 Å². The molecule has 11 nitrogen and oxygen atoms in total. The van der Waals surface area contributed by atoms with E-state index in [9.17, 15) is 32.7 Å². The molecule has 1 aliphatic carbocycles. The Bertz CT molecular complexity index is 1370. The first-order valence-electron chi connectivity index (χ1n) is 14.5. The molecule has 13 heteroatoms. The van der Waals surface area contributed by atoms with Crippen molar-refractivity contribution < 1.29 is 41.6 Å². The molecule has 0 bridgehead atoms. The number of ketones is 1. The van der Waals surface area contributed by atoms with Crippen molar-refractivity contribution in [3.05, 3.63) is 40.9 Å². The third kappa shape index (κ3) is 8.24. The number of aliphatic carboxylic acids is 1. The second-order valence-corrected chi connectivity index (χ2v) is 15.0. The van der Waals surface area contributed by atoms with E-state index in [2.05, 4.69) is 21.2 Å². The summed E-state index contributed by atoms with van der Waals surface area (Å²) in [6.45, 7) is 4.88. The van der Waals surface area contributed by atoms with Crippen LogP contribution < -0.4 is 5.32 Å². The first-order valence-corrected chi connectivity index (χ1v) is 16.7. The molecular weight excluding hydrogens is 644 g/mol. The molecule has 4 rings (SSSR count). The predicted molar refractivity (Wildman–Crippen MR) is 160 cm³/mol. The quantitative estimate of drug-likeness (QED) is 0.335. The van der Waals surface area contributed by atoms with Crippen molar-refractivity contribution in [2.45, 2.75) is 101 Å². The number of amides is 2. The number of hydrogen-bond acceptors (Lipinski definition) is 8. The van der Waals surface area contributed by atoms with Crippen molar-refractivity contribution in [1.82, 2.24) is 10.2 Å². The van der Waals surface area contributed by atoms with Crippen molar-refractivity contribution in [2.24, 2.45) is 11.3 Å². The van der Waals surface area contributed by atoms with E-state index in [-0.39, 0.29) is 36.6 Å². The highest BCUT2D eigenvalue weighted by molar-refractivity contribution is 9.10. The van der Waals surface area contributed by atoms with E-state index in [1.165, 1.54) is 17.0 Å². The summed E-state index contributed by atoms with van der Waals surface area (Å²) in [5.41, 5.74) is -2.07. The normalized spacial score (nSPS) is 29.4. The van der Waals surface area contributed by atoms with Crippen LogP contribution in [0, 0.1) is 11.3 Å². The van der Waals surface area contributed by atoms with Crippen LogP contribution in [-0.2, 0) is 33.4 Å². The number of ether oxygens (including phenoxy) is 1. The molecule has 0 spiro atoms. The number of allylic oxidation sites excluding steroid dienone is 2. The lowest BCUT2D eigenvalue weighted by Crippen LogP contribution is -2.52. The van der Waals surface area contributed by atoms with Crippen LogP contribution in [0.1, 0.15) is 72.1 Å². The van der Waals surface area contributed by atoms with Crippen LogP contribution in [0.3, 0.4) is 0 Å². The van der Waals surface area contributed by atoms with Gasteiger partial charge in [-0.25, -0.2) is 4.79 Å². The number of alkyl carbamates (subject to hydrolysis) is 1. The largest absolute Gasteiger partial charge is 0.481 e. The summed E-state index contributed by atoms with van der Waals surface area (Å²) in [7, 11) is -4.24. The standard InChI is InChI=1S/C30H39BrN2O9S/c1-29(2,3)41-28(38)32-23-10-8-6-4-5-7-9-19-16-30(19,27(36)37)17-25(34)24-15-21(18-33(24)26(23)35)42-43(39,40)22-13-11-20(31)12-14-22/h7,9,11-14,19,21,23-24H,4-6,8,10,15-18H2,1-3H3,(H,32,38)(H,36,37)/b9-7-/t19-,21+,23+,24+,30-/m1/s1. The minimum Gasteiger partial charge on any atom is -0.481 e. The molecule has 2 heterocycles. The minimum absolute atomic E-state index is 0.0836. The van der Waals surface area contributed by atoms with Gasteiger partial charge in [0, 0.05) is 23.9 Å². The van der Waals surface area contributed by atoms with Crippen LogP contribution in [-0.4, -0.2) is 72.5 Å². The van der Waals surface area contributed by atoms with Gasteiger partial charge in [0.05, 0.1) is 22.5 Å². The average Bonchev–Trinajstić information content (AvgIpc) is 3.44.